The molecule has 0 fully saturated rings. The minimum absolute atomic E-state index is 0.245. The van der Waals surface area contributed by atoms with Crippen LogP contribution >= 0.6 is 0 Å². The van der Waals surface area contributed by atoms with E-state index in [4.69, 9.17) is 5.73 Å². The molecule has 2 N–H and O–H groups in total. The molecule has 2 heteroatoms. The second-order valence-electron chi connectivity index (χ2n) is 4.71. The molecule has 0 aromatic heterocycles. The minimum Gasteiger partial charge on any atom is -0.398 e. The first kappa shape index (κ1) is 12.4. The molecule has 2 aromatic carbocycles. The topological polar surface area (TPSA) is 43.1 Å². The molecule has 18 heavy (non-hydrogen) atoms. The second kappa shape index (κ2) is 5.05. The molecule has 0 heterocycles. The number of nitrogen functional groups attached to an aromatic ring is 1. The van der Waals surface area contributed by atoms with Crippen LogP contribution in [0.2, 0.25) is 0 Å². The van der Waals surface area contributed by atoms with Crippen molar-refractivity contribution in [2.24, 2.45) is 0 Å². The predicted molar refractivity (Wildman–Crippen MR) is 75.8 cm³/mol. The zero-order valence-electron chi connectivity index (χ0n) is 10.7. The van der Waals surface area contributed by atoms with Crippen molar-refractivity contribution in [3.8, 4) is 11.1 Å². The van der Waals surface area contributed by atoms with Crippen molar-refractivity contribution >= 4 is 12.0 Å². The second-order valence-corrected chi connectivity index (χ2v) is 4.71. The fraction of sp³-hybridized carbons (Fsp3) is 0.188. The van der Waals surface area contributed by atoms with Crippen LogP contribution in [-0.4, -0.2) is 6.29 Å². The summed E-state index contributed by atoms with van der Waals surface area (Å²) in [7, 11) is 0. The van der Waals surface area contributed by atoms with Crippen LogP contribution in [-0.2, 0) is 0 Å². The van der Waals surface area contributed by atoms with E-state index < -0.39 is 0 Å². The maximum absolute atomic E-state index is 11.2. The van der Waals surface area contributed by atoms with Gasteiger partial charge in [0.2, 0.25) is 0 Å². The summed E-state index contributed by atoms with van der Waals surface area (Å²) in [5.41, 5.74) is 10.4. The molecule has 0 amide bonds. The molecule has 0 aliphatic carbocycles. The van der Waals surface area contributed by atoms with Crippen molar-refractivity contribution in [3.05, 3.63) is 53.6 Å². The lowest BCUT2D eigenvalue weighted by molar-refractivity contribution is 0.112. The van der Waals surface area contributed by atoms with E-state index in [1.165, 1.54) is 0 Å². The summed E-state index contributed by atoms with van der Waals surface area (Å²) < 4.78 is 0. The zero-order chi connectivity index (χ0) is 13.1. The van der Waals surface area contributed by atoms with E-state index in [1.54, 1.807) is 0 Å². The number of carbonyl (C=O) groups excluding carboxylic acids is 1. The van der Waals surface area contributed by atoms with Crippen molar-refractivity contribution in [1.29, 1.82) is 0 Å². The molecule has 0 aliphatic rings. The van der Waals surface area contributed by atoms with Gasteiger partial charge in [-0.2, -0.15) is 0 Å². The summed E-state index contributed by atoms with van der Waals surface area (Å²) in [5.74, 6) is 0.245. The monoisotopic (exact) mass is 239 g/mol. The number of benzene rings is 2. The molecule has 92 valence electrons. The van der Waals surface area contributed by atoms with Gasteiger partial charge in [-0.3, -0.25) is 4.79 Å². The van der Waals surface area contributed by atoms with E-state index in [2.05, 4.69) is 0 Å². The molecule has 0 spiro atoms. The van der Waals surface area contributed by atoms with Gasteiger partial charge in [-0.15, -0.1) is 0 Å². The maximum Gasteiger partial charge on any atom is 0.150 e. The van der Waals surface area contributed by atoms with Gasteiger partial charge >= 0.3 is 0 Å². The molecule has 0 unspecified atom stereocenters. The Balaban J connectivity index is 2.60. The third kappa shape index (κ3) is 2.28. The van der Waals surface area contributed by atoms with Crippen LogP contribution in [0.15, 0.2) is 42.5 Å². The summed E-state index contributed by atoms with van der Waals surface area (Å²) >= 11 is 0. The van der Waals surface area contributed by atoms with Crippen LogP contribution in [0.4, 0.5) is 5.69 Å². The molecule has 2 rings (SSSR count). The molecular weight excluding hydrogens is 222 g/mol. The van der Waals surface area contributed by atoms with Gasteiger partial charge in [0, 0.05) is 11.3 Å². The number of nitrogens with two attached hydrogens (primary N) is 1. The van der Waals surface area contributed by atoms with E-state index in [9.17, 15) is 4.79 Å². The molecule has 0 aliphatic heterocycles. The number of hydrogen-bond donors (Lipinski definition) is 1. The molecule has 0 atom stereocenters. The van der Waals surface area contributed by atoms with Crippen molar-refractivity contribution < 1.29 is 4.79 Å². The summed E-state index contributed by atoms with van der Waals surface area (Å²) in [6.07, 6.45) is 0.887. The molecule has 2 nitrogen and oxygen atoms in total. The van der Waals surface area contributed by atoms with Crippen molar-refractivity contribution in [1.82, 2.24) is 0 Å². The lowest BCUT2D eigenvalue weighted by Gasteiger charge is -2.14. The van der Waals surface area contributed by atoms with Gasteiger partial charge in [0.1, 0.15) is 6.29 Å². The minimum atomic E-state index is 0.245. The largest absolute Gasteiger partial charge is 0.398 e. The first-order valence-corrected chi connectivity index (χ1v) is 6.07. The van der Waals surface area contributed by atoms with Gasteiger partial charge in [0.25, 0.3) is 0 Å². The smallest absolute Gasteiger partial charge is 0.150 e. The van der Waals surface area contributed by atoms with E-state index in [0.717, 1.165) is 23.0 Å². The Morgan fingerprint density at radius 2 is 1.72 bits per heavy atom. The predicted octanol–water partition coefficient (Wildman–Crippen LogP) is 3.87. The van der Waals surface area contributed by atoms with Gasteiger partial charge < -0.3 is 5.73 Å². The third-order valence-corrected chi connectivity index (χ3v) is 3.06. The van der Waals surface area contributed by atoms with Gasteiger partial charge in [-0.05, 0) is 34.7 Å². The van der Waals surface area contributed by atoms with Crippen LogP contribution in [0.1, 0.15) is 35.7 Å². The fourth-order valence-electron chi connectivity index (χ4n) is 2.26. The quantitative estimate of drug-likeness (QED) is 0.652. The summed E-state index contributed by atoms with van der Waals surface area (Å²) in [6.45, 7) is 4.09. The summed E-state index contributed by atoms with van der Waals surface area (Å²) in [4.78, 5) is 11.2. The van der Waals surface area contributed by atoms with Crippen molar-refractivity contribution in [2.45, 2.75) is 19.8 Å². The Hall–Kier alpha value is -2.09. The summed E-state index contributed by atoms with van der Waals surface area (Å²) in [5, 5.41) is 0. The fourth-order valence-corrected chi connectivity index (χ4v) is 2.26. The molecular formula is C16H17NO. The van der Waals surface area contributed by atoms with Crippen LogP contribution in [0.3, 0.4) is 0 Å². The summed E-state index contributed by atoms with van der Waals surface area (Å²) in [6, 6.07) is 13.8. The van der Waals surface area contributed by atoms with E-state index in [0.29, 0.717) is 11.3 Å². The molecule has 0 radical (unpaired) electrons. The standard InChI is InChI=1S/C16H17NO/c1-11(2)16-14(10-18)8-13(9-15(16)17)12-6-4-3-5-7-12/h3-11H,17H2,1-2H3. The SMILES string of the molecule is CC(C)c1c(N)cc(-c2ccccc2)cc1C=O. The highest BCUT2D eigenvalue weighted by atomic mass is 16.1. The van der Waals surface area contributed by atoms with Crippen molar-refractivity contribution in [3.63, 3.8) is 0 Å². The Labute approximate surface area is 107 Å². The molecule has 0 saturated heterocycles. The van der Waals surface area contributed by atoms with Crippen LogP contribution in [0.25, 0.3) is 11.1 Å². The Kier molecular flexibility index (Phi) is 3.47. The normalized spacial score (nSPS) is 10.6. The lowest BCUT2D eigenvalue weighted by Crippen LogP contribution is -2.02. The molecule has 0 saturated carbocycles. The van der Waals surface area contributed by atoms with Gasteiger partial charge in [-0.1, -0.05) is 44.2 Å². The van der Waals surface area contributed by atoms with E-state index in [-0.39, 0.29) is 5.92 Å². The first-order valence-electron chi connectivity index (χ1n) is 6.07. The Bertz CT molecular complexity index is 559. The van der Waals surface area contributed by atoms with Gasteiger partial charge in [-0.25, -0.2) is 0 Å². The number of hydrogen-bond acceptors (Lipinski definition) is 2. The van der Waals surface area contributed by atoms with Crippen LogP contribution < -0.4 is 5.73 Å². The zero-order valence-corrected chi connectivity index (χ0v) is 10.7. The molecule has 0 bridgehead atoms. The average molecular weight is 239 g/mol. The first-order chi connectivity index (χ1) is 8.63. The Morgan fingerprint density at radius 1 is 1.06 bits per heavy atom. The maximum atomic E-state index is 11.2. The van der Waals surface area contributed by atoms with E-state index >= 15 is 0 Å². The van der Waals surface area contributed by atoms with Gasteiger partial charge in [0.15, 0.2) is 0 Å². The highest BCUT2D eigenvalue weighted by Crippen LogP contribution is 2.31. The van der Waals surface area contributed by atoms with Crippen molar-refractivity contribution in [2.75, 3.05) is 5.73 Å². The number of aldehydes is 1. The van der Waals surface area contributed by atoms with E-state index in [1.807, 2.05) is 56.3 Å². The molecule has 2 aromatic rings. The lowest BCUT2D eigenvalue weighted by atomic mass is 9.92. The van der Waals surface area contributed by atoms with Crippen LogP contribution in [0, 0.1) is 0 Å². The highest BCUT2D eigenvalue weighted by molar-refractivity contribution is 5.85. The number of carbonyl (C=O) groups is 1. The Morgan fingerprint density at radius 3 is 2.28 bits per heavy atom. The number of anilines is 1. The van der Waals surface area contributed by atoms with Crippen LogP contribution in [0.5, 0.6) is 0 Å². The number of rotatable bonds is 3. The highest BCUT2D eigenvalue weighted by Gasteiger charge is 2.12. The third-order valence-electron chi connectivity index (χ3n) is 3.06. The van der Waals surface area contributed by atoms with Gasteiger partial charge in [0.05, 0.1) is 0 Å². The average Bonchev–Trinajstić information content (AvgIpc) is 2.38.